The first-order chi connectivity index (χ1) is 14.6. The van der Waals surface area contributed by atoms with E-state index in [0.717, 1.165) is 34.9 Å². The fourth-order valence-electron chi connectivity index (χ4n) is 3.66. The van der Waals surface area contributed by atoms with E-state index in [1.54, 1.807) is 29.1 Å². The average molecular weight is 399 g/mol. The minimum Gasteiger partial charge on any atom is -0.386 e. The number of aliphatic hydroxyl groups is 1. The summed E-state index contributed by atoms with van der Waals surface area (Å²) in [7, 11) is 0. The molecule has 0 amide bonds. The van der Waals surface area contributed by atoms with Gasteiger partial charge in [-0.3, -0.25) is 0 Å². The van der Waals surface area contributed by atoms with E-state index in [9.17, 15) is 14.8 Å². The maximum atomic E-state index is 13.3. The molecule has 1 fully saturated rings. The molecular formula is C23H18FN5O. The summed E-state index contributed by atoms with van der Waals surface area (Å²) in [6, 6.07) is 15.9. The zero-order chi connectivity index (χ0) is 20.7. The molecule has 148 valence electrons. The van der Waals surface area contributed by atoms with Crippen molar-refractivity contribution >= 4 is 10.9 Å². The maximum Gasteiger partial charge on any atom is 0.141 e. The molecule has 4 aromatic rings. The summed E-state index contributed by atoms with van der Waals surface area (Å²) in [4.78, 5) is 4.44. The molecule has 1 aliphatic carbocycles. The third-order valence-corrected chi connectivity index (χ3v) is 5.42. The van der Waals surface area contributed by atoms with E-state index in [2.05, 4.69) is 21.4 Å². The highest BCUT2D eigenvalue weighted by atomic mass is 19.1. The smallest absolute Gasteiger partial charge is 0.141 e. The van der Waals surface area contributed by atoms with Crippen molar-refractivity contribution in [3.63, 3.8) is 0 Å². The van der Waals surface area contributed by atoms with Crippen LogP contribution in [-0.4, -0.2) is 25.1 Å². The van der Waals surface area contributed by atoms with E-state index in [1.807, 2.05) is 18.2 Å². The Labute approximate surface area is 172 Å². The van der Waals surface area contributed by atoms with Crippen LogP contribution < -0.4 is 0 Å². The predicted octanol–water partition coefficient (Wildman–Crippen LogP) is 4.00. The predicted molar refractivity (Wildman–Crippen MR) is 109 cm³/mol. The van der Waals surface area contributed by atoms with E-state index >= 15 is 0 Å². The van der Waals surface area contributed by atoms with Gasteiger partial charge in [-0.25, -0.2) is 14.1 Å². The molecule has 2 aromatic heterocycles. The van der Waals surface area contributed by atoms with Crippen LogP contribution in [0.5, 0.6) is 0 Å². The Morgan fingerprint density at radius 3 is 2.70 bits per heavy atom. The first-order valence-electron chi connectivity index (χ1n) is 9.78. The van der Waals surface area contributed by atoms with Gasteiger partial charge in [-0.15, -0.1) is 5.10 Å². The van der Waals surface area contributed by atoms with Gasteiger partial charge in [0.2, 0.25) is 0 Å². The number of nitrogens with zero attached hydrogens (tertiary/aromatic N) is 5. The molecule has 1 aliphatic rings. The lowest BCUT2D eigenvalue weighted by Crippen LogP contribution is -2.01. The molecule has 0 radical (unpaired) electrons. The molecule has 0 bridgehead atoms. The van der Waals surface area contributed by atoms with E-state index in [4.69, 9.17) is 0 Å². The molecule has 0 aliphatic heterocycles. The standard InChI is InChI=1S/C23H18FN5O/c24-17-6-4-15(5-7-17)20-10-18(11-25)26-21-9-14(1-8-19(20)21)12-29-13-22(27-28-29)23(30)16-2-3-16/h1,4-10,13,16,23,30H,2-3,12H2. The Balaban J connectivity index is 1.49. The fraction of sp³-hybridized carbons (Fsp3) is 0.217. The summed E-state index contributed by atoms with van der Waals surface area (Å²) < 4.78 is 15.0. The number of nitriles is 1. The zero-order valence-corrected chi connectivity index (χ0v) is 16.0. The number of pyridine rings is 1. The second-order valence-corrected chi connectivity index (χ2v) is 7.65. The van der Waals surface area contributed by atoms with Crippen LogP contribution in [0.4, 0.5) is 4.39 Å². The number of hydrogen-bond acceptors (Lipinski definition) is 5. The van der Waals surface area contributed by atoms with Crippen LogP contribution in [0.1, 0.15) is 35.9 Å². The van der Waals surface area contributed by atoms with Gasteiger partial charge in [0.05, 0.1) is 18.3 Å². The third kappa shape index (κ3) is 3.53. The summed E-state index contributed by atoms with van der Waals surface area (Å²) in [5.74, 6) is -0.00628. The van der Waals surface area contributed by atoms with E-state index < -0.39 is 6.10 Å². The summed E-state index contributed by atoms with van der Waals surface area (Å²) in [6.07, 6.45) is 3.29. The summed E-state index contributed by atoms with van der Waals surface area (Å²) >= 11 is 0. The van der Waals surface area contributed by atoms with Gasteiger partial charge in [-0.05, 0) is 59.7 Å². The van der Waals surface area contributed by atoms with Crippen molar-refractivity contribution < 1.29 is 9.50 Å². The molecule has 1 atom stereocenters. The van der Waals surface area contributed by atoms with Gasteiger partial charge >= 0.3 is 0 Å². The summed E-state index contributed by atoms with van der Waals surface area (Å²) in [6.45, 7) is 0.477. The van der Waals surface area contributed by atoms with E-state index in [1.165, 1.54) is 12.1 Å². The lowest BCUT2D eigenvalue weighted by atomic mass is 9.99. The molecule has 2 heterocycles. The van der Waals surface area contributed by atoms with Crippen LogP contribution in [0.25, 0.3) is 22.0 Å². The quantitative estimate of drug-likeness (QED) is 0.548. The van der Waals surface area contributed by atoms with Crippen LogP contribution in [0.15, 0.2) is 54.7 Å². The Kier molecular flexibility index (Phi) is 4.49. The number of rotatable bonds is 5. The summed E-state index contributed by atoms with van der Waals surface area (Å²) in [5.41, 5.74) is 4.19. The lowest BCUT2D eigenvalue weighted by molar-refractivity contribution is 0.149. The van der Waals surface area contributed by atoms with Crippen LogP contribution in [0.3, 0.4) is 0 Å². The van der Waals surface area contributed by atoms with Gasteiger partial charge < -0.3 is 5.11 Å². The Hall–Kier alpha value is -3.63. The highest BCUT2D eigenvalue weighted by Gasteiger charge is 2.32. The molecule has 30 heavy (non-hydrogen) atoms. The van der Waals surface area contributed by atoms with Crippen molar-refractivity contribution in [3.8, 4) is 17.2 Å². The van der Waals surface area contributed by atoms with Crippen molar-refractivity contribution in [3.05, 3.63) is 77.5 Å². The van der Waals surface area contributed by atoms with Crippen molar-refractivity contribution in [2.24, 2.45) is 5.92 Å². The topological polar surface area (TPSA) is 87.6 Å². The van der Waals surface area contributed by atoms with Crippen LogP contribution >= 0.6 is 0 Å². The number of fused-ring (bicyclic) bond motifs is 1. The zero-order valence-electron chi connectivity index (χ0n) is 16.0. The second kappa shape index (κ2) is 7.32. The first-order valence-corrected chi connectivity index (χ1v) is 9.78. The summed E-state index contributed by atoms with van der Waals surface area (Å²) in [5, 5.41) is 28.7. The fourth-order valence-corrected chi connectivity index (χ4v) is 3.66. The molecule has 0 spiro atoms. The normalized spacial score (nSPS) is 14.6. The molecule has 6 nitrogen and oxygen atoms in total. The Morgan fingerprint density at radius 2 is 1.97 bits per heavy atom. The monoisotopic (exact) mass is 399 g/mol. The minimum absolute atomic E-state index is 0.300. The molecule has 1 N–H and O–H groups in total. The second-order valence-electron chi connectivity index (χ2n) is 7.65. The highest BCUT2D eigenvalue weighted by molar-refractivity contribution is 5.95. The Bertz CT molecular complexity index is 1270. The van der Waals surface area contributed by atoms with Gasteiger partial charge in [-0.2, -0.15) is 5.26 Å². The number of benzene rings is 2. The molecule has 5 rings (SSSR count). The number of hydrogen-bond donors (Lipinski definition) is 1. The third-order valence-electron chi connectivity index (χ3n) is 5.42. The van der Waals surface area contributed by atoms with E-state index in [-0.39, 0.29) is 5.82 Å². The average Bonchev–Trinajstić information content (AvgIpc) is 3.51. The first kappa shape index (κ1) is 18.4. The highest BCUT2D eigenvalue weighted by Crippen LogP contribution is 2.40. The molecule has 1 saturated carbocycles. The van der Waals surface area contributed by atoms with E-state index in [0.29, 0.717) is 29.4 Å². The lowest BCUT2D eigenvalue weighted by Gasteiger charge is -2.09. The van der Waals surface area contributed by atoms with Crippen molar-refractivity contribution in [1.29, 1.82) is 5.26 Å². The largest absolute Gasteiger partial charge is 0.386 e. The van der Waals surface area contributed by atoms with Crippen LogP contribution in [0, 0.1) is 23.1 Å². The van der Waals surface area contributed by atoms with Gasteiger partial charge in [0.1, 0.15) is 29.4 Å². The van der Waals surface area contributed by atoms with Gasteiger partial charge in [0, 0.05) is 5.39 Å². The maximum absolute atomic E-state index is 13.3. The number of aliphatic hydroxyl groups excluding tert-OH is 1. The SMILES string of the molecule is N#Cc1cc(-c2ccc(F)cc2)c2ccc(Cn3cc(C(O)C4CC4)nn3)cc2n1. The molecule has 0 saturated heterocycles. The van der Waals surface area contributed by atoms with Gasteiger partial charge in [-0.1, -0.05) is 29.5 Å². The molecule has 1 unspecified atom stereocenters. The molecule has 7 heteroatoms. The Morgan fingerprint density at radius 1 is 1.17 bits per heavy atom. The van der Waals surface area contributed by atoms with Gasteiger partial charge in [0.15, 0.2) is 0 Å². The number of halogens is 1. The van der Waals surface area contributed by atoms with Crippen molar-refractivity contribution in [2.75, 3.05) is 0 Å². The number of aromatic nitrogens is 4. The van der Waals surface area contributed by atoms with Crippen molar-refractivity contribution in [2.45, 2.75) is 25.5 Å². The van der Waals surface area contributed by atoms with Crippen LogP contribution in [0.2, 0.25) is 0 Å². The molecular weight excluding hydrogens is 381 g/mol. The van der Waals surface area contributed by atoms with Crippen molar-refractivity contribution in [1.82, 2.24) is 20.0 Å². The minimum atomic E-state index is -0.548. The molecule has 2 aromatic carbocycles. The van der Waals surface area contributed by atoms with Crippen LogP contribution in [-0.2, 0) is 6.54 Å². The van der Waals surface area contributed by atoms with Gasteiger partial charge in [0.25, 0.3) is 0 Å².